The number of hydrogen-bond donors (Lipinski definition) is 5. The third-order valence-electron chi connectivity index (χ3n) is 3.43. The van der Waals surface area contributed by atoms with Gasteiger partial charge in [-0.25, -0.2) is 4.79 Å². The molecule has 0 bridgehead atoms. The van der Waals surface area contributed by atoms with Crippen LogP contribution in [0.2, 0.25) is 0 Å². The Balaban J connectivity index is 4.77. The monoisotopic (exact) mass is 408 g/mol. The molecule has 0 heterocycles. The van der Waals surface area contributed by atoms with Crippen LogP contribution in [0.25, 0.3) is 0 Å². The van der Waals surface area contributed by atoms with Crippen molar-refractivity contribution in [1.29, 1.82) is 0 Å². The number of aliphatic carboxylic acids is 1. The summed E-state index contributed by atoms with van der Waals surface area (Å²) in [4.78, 5) is 47.1. The van der Waals surface area contributed by atoms with E-state index in [2.05, 4.69) is 16.0 Å². The predicted octanol–water partition coefficient (Wildman–Crippen LogP) is -0.990. The molecule has 0 saturated carbocycles. The zero-order valence-corrected chi connectivity index (χ0v) is 16.9. The molecular formula is C15H28N4O5S2. The normalized spacial score (nSPS) is 14.0. The van der Waals surface area contributed by atoms with E-state index in [4.69, 9.17) is 10.8 Å². The minimum absolute atomic E-state index is 0.241. The highest BCUT2D eigenvalue weighted by atomic mass is 32.2. The molecule has 0 aromatic heterocycles. The maximum absolute atomic E-state index is 12.3. The van der Waals surface area contributed by atoms with E-state index in [-0.39, 0.29) is 13.0 Å². The molecule has 3 amide bonds. The van der Waals surface area contributed by atoms with Crippen molar-refractivity contribution in [3.63, 3.8) is 0 Å². The molecule has 0 radical (unpaired) electrons. The Labute approximate surface area is 162 Å². The van der Waals surface area contributed by atoms with Crippen LogP contribution in [0.1, 0.15) is 19.8 Å². The zero-order valence-electron chi connectivity index (χ0n) is 15.2. The van der Waals surface area contributed by atoms with Gasteiger partial charge < -0.3 is 26.8 Å². The number of rotatable bonds is 13. The van der Waals surface area contributed by atoms with Crippen LogP contribution in [-0.2, 0) is 19.2 Å². The molecule has 150 valence electrons. The van der Waals surface area contributed by atoms with Gasteiger partial charge in [-0.2, -0.15) is 23.5 Å². The predicted molar refractivity (Wildman–Crippen MR) is 104 cm³/mol. The lowest BCUT2D eigenvalue weighted by Crippen LogP contribution is -2.55. The lowest BCUT2D eigenvalue weighted by molar-refractivity contribution is -0.142. The first-order chi connectivity index (χ1) is 12.3. The highest BCUT2D eigenvalue weighted by Crippen LogP contribution is 2.03. The Morgan fingerprint density at radius 1 is 0.923 bits per heavy atom. The molecule has 0 aromatic rings. The number of nitrogens with two attached hydrogens (primary N) is 1. The molecule has 0 aliphatic carbocycles. The minimum atomic E-state index is -1.13. The summed E-state index contributed by atoms with van der Waals surface area (Å²) in [5.41, 5.74) is 5.25. The number of hydrogen-bond acceptors (Lipinski definition) is 7. The molecular weight excluding hydrogens is 380 g/mol. The Hall–Kier alpha value is -1.46. The van der Waals surface area contributed by atoms with E-state index in [9.17, 15) is 19.2 Å². The average Bonchev–Trinajstić information content (AvgIpc) is 2.60. The van der Waals surface area contributed by atoms with Crippen molar-refractivity contribution in [2.24, 2.45) is 5.73 Å². The number of amides is 3. The van der Waals surface area contributed by atoms with Crippen molar-refractivity contribution in [2.45, 2.75) is 37.9 Å². The van der Waals surface area contributed by atoms with Crippen LogP contribution in [0, 0.1) is 0 Å². The van der Waals surface area contributed by atoms with Crippen molar-refractivity contribution in [3.05, 3.63) is 0 Å². The van der Waals surface area contributed by atoms with Crippen molar-refractivity contribution in [2.75, 3.05) is 30.6 Å². The van der Waals surface area contributed by atoms with E-state index >= 15 is 0 Å². The van der Waals surface area contributed by atoms with Gasteiger partial charge in [-0.15, -0.1) is 0 Å². The number of carboxylic acids is 1. The number of carbonyl (C=O) groups excluding carboxylic acids is 3. The topological polar surface area (TPSA) is 151 Å². The Kier molecular flexibility index (Phi) is 12.9. The lowest BCUT2D eigenvalue weighted by atomic mass is 10.1. The summed E-state index contributed by atoms with van der Waals surface area (Å²) in [7, 11) is 0. The Bertz CT molecular complexity index is 493. The van der Waals surface area contributed by atoms with Crippen molar-refractivity contribution in [3.8, 4) is 0 Å². The fourth-order valence-corrected chi connectivity index (χ4v) is 2.87. The quantitative estimate of drug-likeness (QED) is 0.261. The van der Waals surface area contributed by atoms with Gasteiger partial charge in [0.2, 0.25) is 17.7 Å². The van der Waals surface area contributed by atoms with Crippen molar-refractivity contribution >= 4 is 47.2 Å². The summed E-state index contributed by atoms with van der Waals surface area (Å²) in [6.45, 7) is 1.21. The molecule has 6 N–H and O–H groups in total. The molecule has 3 unspecified atom stereocenters. The number of nitrogens with one attached hydrogen (secondary N) is 3. The van der Waals surface area contributed by atoms with Crippen LogP contribution in [0.3, 0.4) is 0 Å². The number of carboxylic acid groups (broad SMARTS) is 1. The molecule has 26 heavy (non-hydrogen) atoms. The summed E-state index contributed by atoms with van der Waals surface area (Å²) in [6, 6.07) is -2.76. The van der Waals surface area contributed by atoms with E-state index in [1.165, 1.54) is 30.4 Å². The smallest absolute Gasteiger partial charge is 0.326 e. The Morgan fingerprint density at radius 3 is 1.92 bits per heavy atom. The van der Waals surface area contributed by atoms with Crippen LogP contribution in [0.5, 0.6) is 0 Å². The first-order valence-corrected chi connectivity index (χ1v) is 10.9. The van der Waals surface area contributed by atoms with E-state index in [0.717, 1.165) is 0 Å². The van der Waals surface area contributed by atoms with Crippen molar-refractivity contribution < 1.29 is 24.3 Å². The molecule has 3 atom stereocenters. The summed E-state index contributed by atoms with van der Waals surface area (Å²) < 4.78 is 0. The second-order valence-electron chi connectivity index (χ2n) is 5.52. The zero-order chi connectivity index (χ0) is 20.1. The fourth-order valence-electron chi connectivity index (χ4n) is 1.93. The summed E-state index contributed by atoms with van der Waals surface area (Å²) in [6.07, 6.45) is 4.38. The highest BCUT2D eigenvalue weighted by Gasteiger charge is 2.26. The van der Waals surface area contributed by atoms with Crippen LogP contribution < -0.4 is 21.7 Å². The molecule has 0 rings (SSSR count). The van der Waals surface area contributed by atoms with Gasteiger partial charge >= 0.3 is 5.97 Å². The largest absolute Gasteiger partial charge is 0.480 e. The van der Waals surface area contributed by atoms with Gasteiger partial charge in [0.15, 0.2) is 0 Å². The van der Waals surface area contributed by atoms with Crippen LogP contribution in [-0.4, -0.2) is 77.5 Å². The maximum Gasteiger partial charge on any atom is 0.326 e. The summed E-state index contributed by atoms with van der Waals surface area (Å²) in [5, 5.41) is 16.6. The van der Waals surface area contributed by atoms with Gasteiger partial charge in [0.25, 0.3) is 0 Å². The number of carbonyl (C=O) groups is 4. The van der Waals surface area contributed by atoms with Crippen molar-refractivity contribution in [1.82, 2.24) is 16.0 Å². The van der Waals surface area contributed by atoms with Gasteiger partial charge in [-0.3, -0.25) is 14.4 Å². The van der Waals surface area contributed by atoms with Crippen LogP contribution in [0.15, 0.2) is 0 Å². The van der Waals surface area contributed by atoms with Gasteiger partial charge in [-0.05, 0) is 43.8 Å². The fraction of sp³-hybridized carbons (Fsp3) is 0.733. The maximum atomic E-state index is 12.3. The molecule has 0 fully saturated rings. The van der Waals surface area contributed by atoms with E-state index < -0.39 is 41.8 Å². The summed E-state index contributed by atoms with van der Waals surface area (Å²) in [5.74, 6) is -1.48. The third kappa shape index (κ3) is 9.88. The molecule has 0 aromatic carbocycles. The first kappa shape index (κ1) is 24.5. The number of thioether (sulfide) groups is 2. The van der Waals surface area contributed by atoms with Gasteiger partial charge in [0.1, 0.15) is 18.1 Å². The average molecular weight is 409 g/mol. The standard InChI is InChI=1S/C15H28N4O5S2/c1-9(13(21)19-11(15(23)24)5-7-26-3)17-14(22)10(4-6-25-2)18-12(20)8-16/h9-11H,4-8,16H2,1-3H3,(H,17,22)(H,18,20)(H,19,21)(H,23,24). The molecule has 0 spiro atoms. The van der Waals surface area contributed by atoms with E-state index in [0.29, 0.717) is 17.9 Å². The first-order valence-electron chi connectivity index (χ1n) is 8.07. The second kappa shape index (κ2) is 13.7. The SMILES string of the molecule is CSCCC(NC(=O)C(C)NC(=O)C(CCSC)NC(=O)CN)C(=O)O. The molecule has 0 aliphatic rings. The van der Waals surface area contributed by atoms with Gasteiger partial charge in [-0.1, -0.05) is 0 Å². The lowest BCUT2D eigenvalue weighted by Gasteiger charge is -2.22. The third-order valence-corrected chi connectivity index (χ3v) is 4.71. The van der Waals surface area contributed by atoms with E-state index in [1.807, 2.05) is 12.5 Å². The highest BCUT2D eigenvalue weighted by molar-refractivity contribution is 7.98. The molecule has 9 nitrogen and oxygen atoms in total. The summed E-state index contributed by atoms with van der Waals surface area (Å²) >= 11 is 2.99. The minimum Gasteiger partial charge on any atom is -0.480 e. The molecule has 11 heteroatoms. The molecule has 0 aliphatic heterocycles. The molecule has 0 saturated heterocycles. The van der Waals surface area contributed by atoms with E-state index in [1.54, 1.807) is 0 Å². The van der Waals surface area contributed by atoms with Gasteiger partial charge in [0.05, 0.1) is 6.54 Å². The van der Waals surface area contributed by atoms with Gasteiger partial charge in [0, 0.05) is 0 Å². The second-order valence-corrected chi connectivity index (χ2v) is 7.49. The van der Waals surface area contributed by atoms with Crippen LogP contribution >= 0.6 is 23.5 Å². The Morgan fingerprint density at radius 2 is 1.46 bits per heavy atom. The van der Waals surface area contributed by atoms with Crippen LogP contribution in [0.4, 0.5) is 0 Å².